The third-order valence-electron chi connectivity index (χ3n) is 15.9. The number of nitrogens with one attached hydrogen (secondary N) is 3. The Balaban J connectivity index is 1.48. The Kier molecular flexibility index (Phi) is 27.9. The van der Waals surface area contributed by atoms with Crippen LogP contribution in [0, 0.1) is 23.7 Å². The van der Waals surface area contributed by atoms with Gasteiger partial charge in [-0.2, -0.15) is 0 Å². The standard InChI is InChI=1S/C57H90N6O15S2/c1-14-35(4)49(62(10)55(71)38(34(2)3)31-45(65)57(6,7)61(8)9)44(73-11)32-47(67)63-24-15-17-41(63)50(74-12)36(5)53(69)60-40(56(72)75-13)30-37-19-20-43-39(29-37)59-46(66)21-26-77-28-23-58-54(70)52-51(79-33-80-52)42(64)18-16-25-76-27-22-48(68)78-43/h19-20,29,34-36,38,40-41,44,49-52H,14-18,21-28,30-33H2,1-13H3,(H,58,70)(H,59,66)(H,60,69)/t35-,36+,38-,40-,41-,44+,49-,50+,51?,52?/m0/s1. The number of carbonyl (C=O) groups excluding carboxylic acids is 9. The molecule has 2 saturated heterocycles. The average Bonchev–Trinajstić information content (AvgIpc) is 4.13. The molecule has 3 aliphatic rings. The van der Waals surface area contributed by atoms with Crippen LogP contribution in [0.3, 0.4) is 0 Å². The summed E-state index contributed by atoms with van der Waals surface area (Å²) in [7, 11) is 9.59. The molecule has 3 aliphatic heterocycles. The fraction of sp³-hybridized carbons (Fsp3) is 0.737. The first-order chi connectivity index (χ1) is 37.9. The van der Waals surface area contributed by atoms with E-state index in [1.54, 1.807) is 29.8 Å². The largest absolute Gasteiger partial charge is 0.467 e. The predicted molar refractivity (Wildman–Crippen MR) is 306 cm³/mol. The Morgan fingerprint density at radius 2 is 1.56 bits per heavy atom. The van der Waals surface area contributed by atoms with E-state index in [0.717, 1.165) is 0 Å². The molecule has 0 aliphatic carbocycles. The van der Waals surface area contributed by atoms with Gasteiger partial charge in [0.15, 0.2) is 11.5 Å². The highest BCUT2D eigenvalue weighted by Gasteiger charge is 2.44. The van der Waals surface area contributed by atoms with Crippen molar-refractivity contribution in [2.75, 3.05) is 92.4 Å². The number of methoxy groups -OCH3 is 3. The van der Waals surface area contributed by atoms with E-state index in [-0.39, 0.29) is 124 Å². The zero-order valence-electron chi connectivity index (χ0n) is 49.4. The van der Waals surface area contributed by atoms with Gasteiger partial charge in [-0.1, -0.05) is 47.1 Å². The van der Waals surface area contributed by atoms with Crippen molar-refractivity contribution in [3.63, 3.8) is 0 Å². The summed E-state index contributed by atoms with van der Waals surface area (Å²) in [6, 6.07) is 2.34. The second-order valence-corrected chi connectivity index (χ2v) is 24.7. The number of likely N-dealkylation sites (tertiary alicyclic amines) is 1. The molecule has 0 bridgehead atoms. The lowest BCUT2D eigenvalue weighted by Gasteiger charge is -2.41. The van der Waals surface area contributed by atoms with Gasteiger partial charge >= 0.3 is 11.9 Å². The van der Waals surface area contributed by atoms with Crippen LogP contribution in [0.4, 0.5) is 5.69 Å². The number of fused-ring (bicyclic) bond motifs is 2. The second-order valence-electron chi connectivity index (χ2n) is 22.0. The minimum Gasteiger partial charge on any atom is -0.467 e. The molecule has 4 rings (SSSR count). The molecule has 1 aromatic rings. The van der Waals surface area contributed by atoms with Crippen molar-refractivity contribution < 1.29 is 71.6 Å². The number of benzene rings is 1. The molecule has 0 spiro atoms. The van der Waals surface area contributed by atoms with Crippen LogP contribution >= 0.6 is 23.5 Å². The smallest absolute Gasteiger partial charge is 0.328 e. The molecule has 0 radical (unpaired) electrons. The van der Waals surface area contributed by atoms with E-state index in [4.69, 9.17) is 28.4 Å². The topological polar surface area (TPSA) is 255 Å². The van der Waals surface area contributed by atoms with E-state index >= 15 is 0 Å². The molecule has 80 heavy (non-hydrogen) atoms. The number of amides is 5. The Morgan fingerprint density at radius 3 is 2.21 bits per heavy atom. The SMILES string of the molecule is CC[C@H](C)[C@@H]([C@@H](CC(=O)N1CCC[C@H]1[C@H](OC)[C@@H](C)C(=O)N[C@@H](Cc1ccc2c(c1)NC(=O)CCOCCNC(=O)C1SCSC1C(=O)CCCOCCC(=O)O2)C(=O)OC)OC)N(C)C(=O)[C@@H](CC(=O)C(C)(C)N(C)C)C(C)C. The lowest BCUT2D eigenvalue weighted by atomic mass is 9.82. The quantitative estimate of drug-likeness (QED) is 0.111. The molecule has 3 N–H and O–H groups in total. The van der Waals surface area contributed by atoms with Crippen LogP contribution in [0.15, 0.2) is 18.2 Å². The Morgan fingerprint density at radius 1 is 0.875 bits per heavy atom. The first-order valence-electron chi connectivity index (χ1n) is 27.9. The fourth-order valence-corrected chi connectivity index (χ4v) is 13.3. The van der Waals surface area contributed by atoms with Gasteiger partial charge in [0.2, 0.25) is 29.5 Å². The number of esters is 2. The van der Waals surface area contributed by atoms with Crippen molar-refractivity contribution in [2.24, 2.45) is 23.7 Å². The van der Waals surface area contributed by atoms with Crippen LogP contribution in [0.1, 0.15) is 112 Å². The zero-order chi connectivity index (χ0) is 59.4. The fourth-order valence-electron chi connectivity index (χ4n) is 10.2. The summed E-state index contributed by atoms with van der Waals surface area (Å²) in [5.74, 6) is -4.85. The molecule has 1 aromatic carbocycles. The maximum Gasteiger partial charge on any atom is 0.328 e. The summed E-state index contributed by atoms with van der Waals surface area (Å²) in [6.07, 6.45) is 0.656. The van der Waals surface area contributed by atoms with Gasteiger partial charge in [-0.3, -0.25) is 43.3 Å². The van der Waals surface area contributed by atoms with Gasteiger partial charge in [-0.05, 0) is 76.7 Å². The number of ether oxygens (including phenoxy) is 6. The monoisotopic (exact) mass is 1160 g/mol. The third kappa shape index (κ3) is 18.9. The highest BCUT2D eigenvalue weighted by molar-refractivity contribution is 8.20. The predicted octanol–water partition coefficient (Wildman–Crippen LogP) is 4.69. The number of carbonyl (C=O) groups is 9. The summed E-state index contributed by atoms with van der Waals surface area (Å²) in [5.41, 5.74) is -0.196. The maximum absolute atomic E-state index is 14.5. The lowest BCUT2D eigenvalue weighted by molar-refractivity contribution is -0.150. The Bertz CT molecular complexity index is 2290. The van der Waals surface area contributed by atoms with Gasteiger partial charge in [-0.25, -0.2) is 4.79 Å². The van der Waals surface area contributed by atoms with Crippen LogP contribution in [-0.4, -0.2) is 201 Å². The first kappa shape index (κ1) is 67.9. The summed E-state index contributed by atoms with van der Waals surface area (Å²) < 4.78 is 34.2. The number of anilines is 1. The summed E-state index contributed by atoms with van der Waals surface area (Å²) in [5, 5.41) is 8.08. The molecular formula is C57H90N6O15S2. The zero-order valence-corrected chi connectivity index (χ0v) is 51.0. The molecule has 21 nitrogen and oxygen atoms in total. The number of thioether (sulfide) groups is 2. The molecule has 10 atom stereocenters. The molecular weight excluding hydrogens is 1070 g/mol. The van der Waals surface area contributed by atoms with Gasteiger partial charge in [0.25, 0.3) is 0 Å². The van der Waals surface area contributed by atoms with E-state index in [1.165, 1.54) is 57.0 Å². The molecule has 2 unspecified atom stereocenters. The normalized spacial score (nSPS) is 22.1. The third-order valence-corrected chi connectivity index (χ3v) is 18.9. The Hall–Kier alpha value is -4.65. The molecule has 0 saturated carbocycles. The molecule has 5 amide bonds. The second kappa shape index (κ2) is 32.9. The van der Waals surface area contributed by atoms with E-state index in [9.17, 15) is 43.2 Å². The molecule has 3 heterocycles. The van der Waals surface area contributed by atoms with Crippen LogP contribution in [0.5, 0.6) is 5.75 Å². The minimum absolute atomic E-state index is 0.000451. The number of rotatable bonds is 21. The number of hydrogen-bond donors (Lipinski definition) is 3. The van der Waals surface area contributed by atoms with Gasteiger partial charge in [0.05, 0.1) is 92.9 Å². The van der Waals surface area contributed by atoms with E-state index < -0.39 is 82.0 Å². The van der Waals surface area contributed by atoms with Crippen molar-refractivity contribution >= 4 is 82.3 Å². The van der Waals surface area contributed by atoms with Crippen molar-refractivity contribution in [1.82, 2.24) is 25.3 Å². The van der Waals surface area contributed by atoms with Crippen molar-refractivity contribution in [3.05, 3.63) is 23.8 Å². The molecule has 0 aromatic heterocycles. The van der Waals surface area contributed by atoms with Crippen molar-refractivity contribution in [1.29, 1.82) is 0 Å². The highest BCUT2D eigenvalue weighted by Crippen LogP contribution is 2.38. The maximum atomic E-state index is 14.5. The number of ketones is 2. The van der Waals surface area contributed by atoms with Crippen LogP contribution in [0.2, 0.25) is 0 Å². The van der Waals surface area contributed by atoms with Gasteiger partial charge in [0.1, 0.15) is 17.1 Å². The van der Waals surface area contributed by atoms with E-state index in [1.807, 2.05) is 60.5 Å². The summed E-state index contributed by atoms with van der Waals surface area (Å²) >= 11 is 2.87. The highest BCUT2D eigenvalue weighted by atomic mass is 32.2. The lowest BCUT2D eigenvalue weighted by Crippen LogP contribution is -2.55. The van der Waals surface area contributed by atoms with Gasteiger partial charge in [-0.15, -0.1) is 23.5 Å². The van der Waals surface area contributed by atoms with E-state index in [2.05, 4.69) is 16.0 Å². The minimum atomic E-state index is -1.23. The van der Waals surface area contributed by atoms with Gasteiger partial charge in [0, 0.05) is 71.2 Å². The Labute approximate surface area is 481 Å². The molecule has 23 heteroatoms. The van der Waals surface area contributed by atoms with Crippen LogP contribution in [-0.2, 0) is 73.3 Å². The van der Waals surface area contributed by atoms with Crippen molar-refractivity contribution in [2.45, 2.75) is 159 Å². The number of nitrogens with zero attached hydrogens (tertiary/aromatic N) is 3. The van der Waals surface area contributed by atoms with Gasteiger partial charge < -0.3 is 54.2 Å². The number of Topliss-reactive ketones (excluding diaryl/α,β-unsaturated/α-hetero) is 2. The average molecular weight is 1160 g/mol. The molecule has 450 valence electrons. The summed E-state index contributed by atoms with van der Waals surface area (Å²) in [4.78, 5) is 128. The van der Waals surface area contributed by atoms with Crippen molar-refractivity contribution in [3.8, 4) is 5.75 Å². The first-order valence-corrected chi connectivity index (χ1v) is 30.0. The van der Waals surface area contributed by atoms with E-state index in [0.29, 0.717) is 42.9 Å². The number of likely N-dealkylation sites (N-methyl/N-ethyl adjacent to an activating group) is 2. The van der Waals surface area contributed by atoms with Crippen LogP contribution in [0.25, 0.3) is 0 Å². The summed E-state index contributed by atoms with van der Waals surface area (Å²) in [6.45, 7) is 14.2. The number of hydrogen-bond acceptors (Lipinski definition) is 18. The molecule has 2 fully saturated rings. The van der Waals surface area contributed by atoms with Crippen LogP contribution < -0.4 is 20.7 Å².